The Hall–Kier alpha value is -3.20. The second kappa shape index (κ2) is 8.06. The van der Waals surface area contributed by atoms with Gasteiger partial charge in [0.2, 0.25) is 0 Å². The van der Waals surface area contributed by atoms with Gasteiger partial charge in [-0.1, -0.05) is 54.1 Å². The van der Waals surface area contributed by atoms with Crippen molar-refractivity contribution in [2.75, 3.05) is 0 Å². The summed E-state index contributed by atoms with van der Waals surface area (Å²) >= 11 is 0. The van der Waals surface area contributed by atoms with Gasteiger partial charge < -0.3 is 5.73 Å². The van der Waals surface area contributed by atoms with Crippen LogP contribution in [0.3, 0.4) is 0 Å². The van der Waals surface area contributed by atoms with E-state index in [0.717, 1.165) is 17.7 Å². The number of amidine groups is 1. The largest absolute Gasteiger partial charge is 0.384 e. The Labute approximate surface area is 148 Å². The highest BCUT2D eigenvalue weighted by Crippen LogP contribution is 2.13. The summed E-state index contributed by atoms with van der Waals surface area (Å²) in [5, 5.41) is 0. The lowest BCUT2D eigenvalue weighted by atomic mass is 10.0. The first-order valence-electron chi connectivity index (χ1n) is 8.26. The zero-order valence-electron chi connectivity index (χ0n) is 14.3. The molecule has 2 aromatic carbocycles. The van der Waals surface area contributed by atoms with Gasteiger partial charge in [-0.25, -0.2) is 4.99 Å². The Morgan fingerprint density at radius 1 is 1.00 bits per heavy atom. The summed E-state index contributed by atoms with van der Waals surface area (Å²) < 4.78 is 0. The van der Waals surface area contributed by atoms with Crippen molar-refractivity contribution in [3.63, 3.8) is 0 Å². The standard InChI is InChI=1S/C22H21N3/c1-17-4-11-21(12-5-17)25-22(23)13-10-18-6-8-19(9-7-18)15-20-3-2-14-24-16-20/h2-14,16H,15H2,1H3,(H2,23,25). The normalized spacial score (nSPS) is 11.8. The van der Waals surface area contributed by atoms with Crippen molar-refractivity contribution in [3.05, 3.63) is 101 Å². The number of aromatic nitrogens is 1. The van der Waals surface area contributed by atoms with Gasteiger partial charge in [0.25, 0.3) is 0 Å². The number of aliphatic imine (C=N–C) groups is 1. The second-order valence-corrected chi connectivity index (χ2v) is 5.99. The third-order valence-electron chi connectivity index (χ3n) is 3.85. The number of nitrogens with zero attached hydrogens (tertiary/aromatic N) is 2. The van der Waals surface area contributed by atoms with E-state index in [1.54, 1.807) is 6.20 Å². The Kier molecular flexibility index (Phi) is 5.37. The highest BCUT2D eigenvalue weighted by atomic mass is 14.8. The molecule has 124 valence electrons. The van der Waals surface area contributed by atoms with Gasteiger partial charge in [0, 0.05) is 12.4 Å². The van der Waals surface area contributed by atoms with Crippen LogP contribution in [-0.2, 0) is 6.42 Å². The van der Waals surface area contributed by atoms with Crippen LogP contribution in [0.4, 0.5) is 5.69 Å². The van der Waals surface area contributed by atoms with Crippen LogP contribution in [0.5, 0.6) is 0 Å². The molecule has 0 aliphatic rings. The first-order valence-corrected chi connectivity index (χ1v) is 8.26. The van der Waals surface area contributed by atoms with E-state index in [1.807, 2.05) is 48.7 Å². The molecule has 0 saturated heterocycles. The van der Waals surface area contributed by atoms with E-state index >= 15 is 0 Å². The monoisotopic (exact) mass is 327 g/mol. The molecule has 0 aliphatic carbocycles. The predicted octanol–water partition coefficient (Wildman–Crippen LogP) is 4.68. The summed E-state index contributed by atoms with van der Waals surface area (Å²) in [6.45, 7) is 2.05. The summed E-state index contributed by atoms with van der Waals surface area (Å²) in [6.07, 6.45) is 8.38. The molecule has 3 aromatic rings. The van der Waals surface area contributed by atoms with Crippen LogP contribution in [-0.4, -0.2) is 10.8 Å². The Morgan fingerprint density at radius 2 is 1.76 bits per heavy atom. The van der Waals surface area contributed by atoms with Gasteiger partial charge in [0.05, 0.1) is 5.69 Å². The van der Waals surface area contributed by atoms with Crippen molar-refractivity contribution in [1.82, 2.24) is 4.98 Å². The average Bonchev–Trinajstić information content (AvgIpc) is 2.64. The Morgan fingerprint density at radius 3 is 2.44 bits per heavy atom. The third kappa shape index (κ3) is 5.15. The lowest BCUT2D eigenvalue weighted by molar-refractivity contribution is 1.14. The van der Waals surface area contributed by atoms with E-state index in [1.165, 1.54) is 16.7 Å². The fraction of sp³-hybridized carbons (Fsp3) is 0.0909. The van der Waals surface area contributed by atoms with E-state index in [9.17, 15) is 0 Å². The quantitative estimate of drug-likeness (QED) is 0.546. The van der Waals surface area contributed by atoms with E-state index in [4.69, 9.17) is 5.73 Å². The number of rotatable bonds is 5. The number of aryl methyl sites for hydroxylation is 1. The summed E-state index contributed by atoms with van der Waals surface area (Å²) in [5.41, 5.74) is 11.6. The van der Waals surface area contributed by atoms with Gasteiger partial charge in [-0.05, 0) is 54.3 Å². The zero-order valence-corrected chi connectivity index (χ0v) is 14.3. The van der Waals surface area contributed by atoms with Gasteiger partial charge in [0.1, 0.15) is 5.84 Å². The van der Waals surface area contributed by atoms with E-state index in [2.05, 4.69) is 47.2 Å². The lowest BCUT2D eigenvalue weighted by Crippen LogP contribution is -2.06. The summed E-state index contributed by atoms with van der Waals surface area (Å²) in [4.78, 5) is 8.54. The maximum absolute atomic E-state index is 5.98. The van der Waals surface area contributed by atoms with Crippen molar-refractivity contribution in [3.8, 4) is 0 Å². The maximum Gasteiger partial charge on any atom is 0.124 e. The molecule has 0 fully saturated rings. The molecule has 0 radical (unpaired) electrons. The number of hydrogen-bond acceptors (Lipinski definition) is 2. The molecule has 3 rings (SSSR count). The Bertz CT molecular complexity index is 861. The fourth-order valence-electron chi connectivity index (χ4n) is 2.47. The van der Waals surface area contributed by atoms with Gasteiger partial charge in [-0.3, -0.25) is 4.98 Å². The average molecular weight is 327 g/mol. The fourth-order valence-corrected chi connectivity index (χ4v) is 2.47. The highest BCUT2D eigenvalue weighted by molar-refractivity contribution is 5.96. The highest BCUT2D eigenvalue weighted by Gasteiger charge is 1.96. The van der Waals surface area contributed by atoms with E-state index in [-0.39, 0.29) is 0 Å². The minimum atomic E-state index is 0.489. The topological polar surface area (TPSA) is 51.3 Å². The van der Waals surface area contributed by atoms with Gasteiger partial charge in [0.15, 0.2) is 0 Å². The minimum absolute atomic E-state index is 0.489. The molecule has 2 N–H and O–H groups in total. The van der Waals surface area contributed by atoms with E-state index in [0.29, 0.717) is 5.84 Å². The molecule has 0 saturated carbocycles. The van der Waals surface area contributed by atoms with Crippen LogP contribution >= 0.6 is 0 Å². The van der Waals surface area contributed by atoms with Crippen LogP contribution < -0.4 is 5.73 Å². The molecule has 0 atom stereocenters. The summed E-state index contributed by atoms with van der Waals surface area (Å²) in [7, 11) is 0. The van der Waals surface area contributed by atoms with Gasteiger partial charge >= 0.3 is 0 Å². The minimum Gasteiger partial charge on any atom is -0.384 e. The summed E-state index contributed by atoms with van der Waals surface area (Å²) in [6, 6.07) is 20.4. The summed E-state index contributed by atoms with van der Waals surface area (Å²) in [5.74, 6) is 0.489. The molecule has 0 unspecified atom stereocenters. The van der Waals surface area contributed by atoms with Crippen molar-refractivity contribution in [1.29, 1.82) is 0 Å². The molecule has 0 spiro atoms. The molecule has 3 heteroatoms. The SMILES string of the molecule is Cc1ccc(N=C(N)C=Cc2ccc(Cc3cccnc3)cc2)cc1. The van der Waals surface area contributed by atoms with E-state index < -0.39 is 0 Å². The molecule has 0 bridgehead atoms. The van der Waals surface area contributed by atoms with Gasteiger partial charge in [-0.2, -0.15) is 0 Å². The second-order valence-electron chi connectivity index (χ2n) is 5.99. The third-order valence-corrected chi connectivity index (χ3v) is 3.85. The Balaban J connectivity index is 1.64. The number of benzene rings is 2. The van der Waals surface area contributed by atoms with Crippen LogP contribution in [0.2, 0.25) is 0 Å². The van der Waals surface area contributed by atoms with Crippen LogP contribution in [0.25, 0.3) is 6.08 Å². The van der Waals surface area contributed by atoms with Crippen molar-refractivity contribution < 1.29 is 0 Å². The van der Waals surface area contributed by atoms with Crippen LogP contribution in [0, 0.1) is 6.92 Å². The molecule has 25 heavy (non-hydrogen) atoms. The van der Waals surface area contributed by atoms with Crippen LogP contribution in [0.1, 0.15) is 22.3 Å². The molecule has 3 nitrogen and oxygen atoms in total. The van der Waals surface area contributed by atoms with Crippen molar-refractivity contribution in [2.45, 2.75) is 13.3 Å². The van der Waals surface area contributed by atoms with Crippen molar-refractivity contribution >= 4 is 17.6 Å². The molecular weight excluding hydrogens is 306 g/mol. The van der Waals surface area contributed by atoms with Gasteiger partial charge in [-0.15, -0.1) is 0 Å². The lowest BCUT2D eigenvalue weighted by Gasteiger charge is -2.02. The zero-order chi connectivity index (χ0) is 17.5. The first-order chi connectivity index (χ1) is 12.2. The predicted molar refractivity (Wildman–Crippen MR) is 105 cm³/mol. The van der Waals surface area contributed by atoms with Crippen molar-refractivity contribution in [2.24, 2.45) is 10.7 Å². The molecule has 0 aliphatic heterocycles. The molecule has 1 heterocycles. The molecule has 0 amide bonds. The number of hydrogen-bond donors (Lipinski definition) is 1. The van der Waals surface area contributed by atoms with Crippen LogP contribution in [0.15, 0.2) is 84.1 Å². The molecule has 1 aromatic heterocycles. The first kappa shape index (κ1) is 16.7. The smallest absolute Gasteiger partial charge is 0.124 e. The number of nitrogens with two attached hydrogens (primary N) is 1. The number of pyridine rings is 1. The molecular formula is C22H21N3. The maximum atomic E-state index is 5.98.